The maximum absolute atomic E-state index is 14.0. The molecule has 0 radical (unpaired) electrons. The Bertz CT molecular complexity index is 678. The van der Waals surface area contributed by atoms with E-state index in [2.05, 4.69) is 4.98 Å². The number of hydrogen-bond acceptors (Lipinski definition) is 4. The van der Waals surface area contributed by atoms with Crippen molar-refractivity contribution >= 4 is 70.0 Å². The summed E-state index contributed by atoms with van der Waals surface area (Å²) in [7, 11) is 0. The number of aromatic carboxylic acids is 1. The molecule has 0 atom stereocenters. The minimum Gasteiger partial charge on any atom is -0.478 e. The molecule has 0 saturated carbocycles. The third kappa shape index (κ3) is 4.81. The van der Waals surface area contributed by atoms with Gasteiger partial charge in [-0.2, -0.15) is 0 Å². The van der Waals surface area contributed by atoms with Gasteiger partial charge in [-0.3, -0.25) is 10.1 Å². The third-order valence-electron chi connectivity index (χ3n) is 2.44. The number of hydrogen-bond donors (Lipinski definition) is 3. The van der Waals surface area contributed by atoms with Crippen LogP contribution in [0.25, 0.3) is 0 Å². The first-order valence-corrected chi connectivity index (χ1v) is 7.30. The quantitative estimate of drug-likeness (QED) is 0.527. The van der Waals surface area contributed by atoms with Crippen molar-refractivity contribution in [2.45, 2.75) is 17.1 Å². The smallest absolute Gasteiger partial charge is 0.339 e. The molecule has 12 heteroatoms. The van der Waals surface area contributed by atoms with Gasteiger partial charge in [0, 0.05) is 0 Å². The van der Waals surface area contributed by atoms with Gasteiger partial charge >= 0.3 is 12.0 Å². The fourth-order valence-electron chi connectivity index (χ4n) is 1.50. The zero-order valence-electron chi connectivity index (χ0n) is 11.2. The molecule has 0 saturated heterocycles. The molecule has 1 aromatic heterocycles. The minimum atomic E-state index is -2.43. The number of pyridine rings is 1. The van der Waals surface area contributed by atoms with E-state index in [1.807, 2.05) is 5.32 Å². The van der Waals surface area contributed by atoms with Crippen LogP contribution in [-0.4, -0.2) is 31.8 Å². The number of carboxylic acids is 1. The predicted octanol–water partition coefficient (Wildman–Crippen LogP) is 3.15. The molecule has 23 heavy (non-hydrogen) atoms. The molecule has 0 spiro atoms. The second-order valence-corrected chi connectivity index (χ2v) is 6.62. The Balaban J connectivity index is 3.22. The van der Waals surface area contributed by atoms with Crippen molar-refractivity contribution < 1.29 is 23.9 Å². The van der Waals surface area contributed by atoms with E-state index in [1.54, 1.807) is 12.2 Å². The van der Waals surface area contributed by atoms with E-state index < -0.39 is 43.9 Å². The highest BCUT2D eigenvalue weighted by Crippen LogP contribution is 2.29. The van der Waals surface area contributed by atoms with E-state index >= 15 is 0 Å². The van der Waals surface area contributed by atoms with Gasteiger partial charge in [-0.25, -0.2) is 19.0 Å². The summed E-state index contributed by atoms with van der Waals surface area (Å²) < 4.78 is 11.6. The fourth-order valence-corrected chi connectivity index (χ4v) is 1.84. The van der Waals surface area contributed by atoms with E-state index in [4.69, 9.17) is 51.5 Å². The SMILES string of the molecule is CCc1nc(Cl)c(F)c(NC(=O)NC(=O)C(Cl)(Cl)Cl)c1C(=O)O. The van der Waals surface area contributed by atoms with E-state index in [0.717, 1.165) is 0 Å². The normalized spacial score (nSPS) is 11.0. The molecule has 1 rings (SSSR count). The average molecular weight is 407 g/mol. The zero-order chi connectivity index (χ0) is 17.9. The standard InChI is InChI=1S/C11H8Cl4FN3O4/c1-2-3-4(8(20)21)6(5(16)7(12)17-3)18-10(23)19-9(22)11(13,14)15/h2H2,1H3,(H,20,21)(H2,17,18,19,22,23). The van der Waals surface area contributed by atoms with E-state index in [0.29, 0.717) is 0 Å². The number of aryl methyl sites for hydroxylation is 1. The molecule has 0 bridgehead atoms. The van der Waals surface area contributed by atoms with Crippen molar-refractivity contribution in [3.05, 3.63) is 22.2 Å². The summed E-state index contributed by atoms with van der Waals surface area (Å²) in [5.41, 5.74) is -1.43. The van der Waals surface area contributed by atoms with Crippen LogP contribution in [-0.2, 0) is 11.2 Å². The van der Waals surface area contributed by atoms with Gasteiger partial charge in [0.15, 0.2) is 11.0 Å². The minimum absolute atomic E-state index is 0.0631. The van der Waals surface area contributed by atoms with E-state index in [-0.39, 0.29) is 12.1 Å². The molecular weight excluding hydrogens is 399 g/mol. The number of alkyl halides is 3. The number of amides is 3. The first kappa shape index (κ1) is 19.7. The number of nitrogens with zero attached hydrogens (tertiary/aromatic N) is 1. The van der Waals surface area contributed by atoms with Gasteiger partial charge in [-0.1, -0.05) is 53.3 Å². The van der Waals surface area contributed by atoms with Crippen LogP contribution in [0.3, 0.4) is 0 Å². The lowest BCUT2D eigenvalue weighted by atomic mass is 10.1. The highest BCUT2D eigenvalue weighted by atomic mass is 35.6. The van der Waals surface area contributed by atoms with E-state index in [1.165, 1.54) is 0 Å². The van der Waals surface area contributed by atoms with Crippen LogP contribution in [0.1, 0.15) is 23.0 Å². The van der Waals surface area contributed by atoms with Crippen LogP contribution in [0.5, 0.6) is 0 Å². The van der Waals surface area contributed by atoms with Gasteiger partial charge in [0.25, 0.3) is 9.70 Å². The van der Waals surface area contributed by atoms with Crippen molar-refractivity contribution in [3.63, 3.8) is 0 Å². The number of urea groups is 1. The van der Waals surface area contributed by atoms with Crippen molar-refractivity contribution in [1.82, 2.24) is 10.3 Å². The Labute approximate surface area is 149 Å². The highest BCUT2D eigenvalue weighted by molar-refractivity contribution is 6.76. The number of rotatable bonds is 3. The summed E-state index contributed by atoms with van der Waals surface area (Å²) in [6, 6.07) is -1.31. The van der Waals surface area contributed by atoms with Gasteiger partial charge < -0.3 is 10.4 Å². The van der Waals surface area contributed by atoms with Crippen molar-refractivity contribution in [3.8, 4) is 0 Å². The van der Waals surface area contributed by atoms with Gasteiger partial charge in [0.05, 0.1) is 11.4 Å². The van der Waals surface area contributed by atoms with Gasteiger partial charge in [-0.15, -0.1) is 0 Å². The number of halogens is 5. The number of nitrogens with one attached hydrogen (secondary N) is 2. The predicted molar refractivity (Wildman–Crippen MR) is 83.0 cm³/mol. The molecule has 7 nitrogen and oxygen atoms in total. The Morgan fingerprint density at radius 2 is 1.87 bits per heavy atom. The lowest BCUT2D eigenvalue weighted by Crippen LogP contribution is -2.41. The molecule has 1 aromatic rings. The van der Waals surface area contributed by atoms with Gasteiger partial charge in [0.2, 0.25) is 0 Å². The van der Waals surface area contributed by atoms with Crippen LogP contribution in [0, 0.1) is 5.82 Å². The fraction of sp³-hybridized carbons (Fsp3) is 0.273. The Morgan fingerprint density at radius 1 is 1.30 bits per heavy atom. The van der Waals surface area contributed by atoms with Crippen molar-refractivity contribution in [1.29, 1.82) is 0 Å². The largest absolute Gasteiger partial charge is 0.478 e. The number of aromatic nitrogens is 1. The maximum atomic E-state index is 14.0. The van der Waals surface area contributed by atoms with Gasteiger partial charge in [0.1, 0.15) is 5.56 Å². The summed E-state index contributed by atoms with van der Waals surface area (Å²) in [5, 5.41) is 12.0. The van der Waals surface area contributed by atoms with Crippen molar-refractivity contribution in [2.75, 3.05) is 5.32 Å². The topological polar surface area (TPSA) is 108 Å². The van der Waals surface area contributed by atoms with Crippen LogP contribution < -0.4 is 10.6 Å². The monoisotopic (exact) mass is 405 g/mol. The summed E-state index contributed by atoms with van der Waals surface area (Å²) in [4.78, 5) is 37.9. The Hall–Kier alpha value is -1.35. The highest BCUT2D eigenvalue weighted by Gasteiger charge is 2.33. The molecule has 0 aliphatic heterocycles. The molecular formula is C11H8Cl4FN3O4. The average Bonchev–Trinajstić information content (AvgIpc) is 2.41. The molecule has 0 aromatic carbocycles. The second kappa shape index (κ2) is 7.48. The van der Waals surface area contributed by atoms with Crippen LogP contribution in [0.4, 0.5) is 14.9 Å². The van der Waals surface area contributed by atoms with Gasteiger partial charge in [-0.05, 0) is 6.42 Å². The Kier molecular flexibility index (Phi) is 6.41. The molecule has 0 aliphatic rings. The molecule has 1 heterocycles. The molecule has 0 fully saturated rings. The molecule has 3 amide bonds. The molecule has 0 unspecified atom stereocenters. The summed E-state index contributed by atoms with van der Waals surface area (Å²) in [5.74, 6) is -4.14. The summed E-state index contributed by atoms with van der Waals surface area (Å²) in [6.07, 6.45) is 0.102. The number of carbonyl (C=O) groups excluding carboxylic acids is 2. The first-order valence-electron chi connectivity index (χ1n) is 5.79. The summed E-state index contributed by atoms with van der Waals surface area (Å²) >= 11 is 21.3. The van der Waals surface area contributed by atoms with Crippen LogP contribution in [0.2, 0.25) is 5.15 Å². The lowest BCUT2D eigenvalue weighted by Gasteiger charge is -2.15. The molecule has 0 aliphatic carbocycles. The Morgan fingerprint density at radius 3 is 2.30 bits per heavy atom. The van der Waals surface area contributed by atoms with E-state index in [9.17, 15) is 18.8 Å². The first-order chi connectivity index (χ1) is 10.5. The van der Waals surface area contributed by atoms with Crippen molar-refractivity contribution in [2.24, 2.45) is 0 Å². The number of carboxylic acid groups (broad SMARTS) is 1. The number of carbonyl (C=O) groups is 3. The third-order valence-corrected chi connectivity index (χ3v) is 3.21. The van der Waals surface area contributed by atoms with Crippen LogP contribution in [0.15, 0.2) is 0 Å². The second-order valence-electron chi connectivity index (χ2n) is 3.98. The molecule has 3 N–H and O–H groups in total. The summed E-state index contributed by atoms with van der Waals surface area (Å²) in [6.45, 7) is 1.55. The lowest BCUT2D eigenvalue weighted by molar-refractivity contribution is -0.119. The number of imide groups is 1. The van der Waals surface area contributed by atoms with Crippen LogP contribution >= 0.6 is 46.4 Å². The maximum Gasteiger partial charge on any atom is 0.339 e. The number of anilines is 1. The zero-order valence-corrected chi connectivity index (χ0v) is 14.2. The molecule has 126 valence electrons.